The molecule has 0 bridgehead atoms. The van der Waals surface area contributed by atoms with E-state index >= 15 is 0 Å². The van der Waals surface area contributed by atoms with E-state index in [1.807, 2.05) is 0 Å². The SMILES string of the molecule is COc1ccnc(B(O)O)n1. The molecule has 1 heterocycles. The van der Waals surface area contributed by atoms with E-state index in [9.17, 15) is 0 Å². The minimum atomic E-state index is -1.65. The molecule has 0 spiro atoms. The Morgan fingerprint density at radius 1 is 1.55 bits per heavy atom. The van der Waals surface area contributed by atoms with Crippen LogP contribution in [0.4, 0.5) is 0 Å². The maximum Gasteiger partial charge on any atom is 0.528 e. The van der Waals surface area contributed by atoms with Crippen LogP contribution in [0.15, 0.2) is 12.3 Å². The van der Waals surface area contributed by atoms with E-state index in [4.69, 9.17) is 14.8 Å². The standard InChI is InChI=1S/C5H7BN2O3/c1-11-4-2-3-7-5(8-4)6(9)10/h2-3,9-10H,1H3. The van der Waals surface area contributed by atoms with Gasteiger partial charge in [0, 0.05) is 12.3 Å². The highest BCUT2D eigenvalue weighted by molar-refractivity contribution is 6.56. The summed E-state index contributed by atoms with van der Waals surface area (Å²) in [6, 6.07) is 1.52. The van der Waals surface area contributed by atoms with Crippen LogP contribution in [0.3, 0.4) is 0 Å². The minimum absolute atomic E-state index is 0.0654. The Morgan fingerprint density at radius 2 is 2.27 bits per heavy atom. The van der Waals surface area contributed by atoms with Crippen molar-refractivity contribution in [2.45, 2.75) is 0 Å². The van der Waals surface area contributed by atoms with Crippen molar-refractivity contribution in [2.75, 3.05) is 7.11 Å². The van der Waals surface area contributed by atoms with Crippen LogP contribution in [0.2, 0.25) is 0 Å². The van der Waals surface area contributed by atoms with Gasteiger partial charge in [0.2, 0.25) is 5.88 Å². The first-order valence-electron chi connectivity index (χ1n) is 2.97. The zero-order valence-corrected chi connectivity index (χ0v) is 5.93. The molecule has 1 aromatic rings. The van der Waals surface area contributed by atoms with Crippen molar-refractivity contribution in [1.82, 2.24) is 9.97 Å². The highest BCUT2D eigenvalue weighted by Gasteiger charge is 2.14. The van der Waals surface area contributed by atoms with Crippen LogP contribution in [-0.2, 0) is 0 Å². The second-order valence-corrected chi connectivity index (χ2v) is 1.83. The van der Waals surface area contributed by atoms with Crippen LogP contribution in [0.5, 0.6) is 5.88 Å². The van der Waals surface area contributed by atoms with Crippen LogP contribution >= 0.6 is 0 Å². The zero-order chi connectivity index (χ0) is 8.27. The molecule has 1 aromatic heterocycles. The van der Waals surface area contributed by atoms with E-state index < -0.39 is 7.12 Å². The Balaban J connectivity index is 2.91. The van der Waals surface area contributed by atoms with Crippen molar-refractivity contribution < 1.29 is 14.8 Å². The van der Waals surface area contributed by atoms with Gasteiger partial charge >= 0.3 is 7.12 Å². The molecule has 0 atom stereocenters. The van der Waals surface area contributed by atoms with E-state index in [2.05, 4.69) is 9.97 Å². The van der Waals surface area contributed by atoms with Crippen LogP contribution in [0.1, 0.15) is 0 Å². The van der Waals surface area contributed by atoms with Crippen LogP contribution < -0.4 is 10.5 Å². The number of rotatable bonds is 2. The normalized spacial score (nSPS) is 9.36. The summed E-state index contributed by atoms with van der Waals surface area (Å²) in [5.41, 5.74) is -0.0654. The maximum atomic E-state index is 8.62. The highest BCUT2D eigenvalue weighted by Crippen LogP contribution is 1.97. The molecule has 0 saturated heterocycles. The summed E-state index contributed by atoms with van der Waals surface area (Å²) >= 11 is 0. The Kier molecular flexibility index (Phi) is 2.40. The summed E-state index contributed by atoms with van der Waals surface area (Å²) in [6.45, 7) is 0. The lowest BCUT2D eigenvalue weighted by atomic mass is 9.91. The summed E-state index contributed by atoms with van der Waals surface area (Å²) in [7, 11) is -0.208. The molecule has 0 saturated carbocycles. The molecule has 6 heteroatoms. The van der Waals surface area contributed by atoms with Gasteiger partial charge in [-0.05, 0) is 0 Å². The molecule has 0 aliphatic carbocycles. The van der Waals surface area contributed by atoms with E-state index in [-0.39, 0.29) is 5.72 Å². The third-order valence-electron chi connectivity index (χ3n) is 1.09. The molecule has 0 unspecified atom stereocenters. The summed E-state index contributed by atoms with van der Waals surface area (Å²) in [5.74, 6) is 0.308. The monoisotopic (exact) mass is 154 g/mol. The zero-order valence-electron chi connectivity index (χ0n) is 5.93. The molecule has 0 radical (unpaired) electrons. The average Bonchev–Trinajstić information content (AvgIpc) is 2.05. The van der Waals surface area contributed by atoms with Gasteiger partial charge in [-0.2, -0.15) is 0 Å². The molecular weight excluding hydrogens is 147 g/mol. The first-order chi connectivity index (χ1) is 5.24. The molecule has 58 valence electrons. The van der Waals surface area contributed by atoms with E-state index in [0.29, 0.717) is 5.88 Å². The molecule has 5 nitrogen and oxygen atoms in total. The number of methoxy groups -OCH3 is 1. The molecule has 0 fully saturated rings. The fourth-order valence-electron chi connectivity index (χ4n) is 0.595. The summed E-state index contributed by atoms with van der Waals surface area (Å²) in [5, 5.41) is 17.2. The smallest absolute Gasteiger partial charge is 0.481 e. The van der Waals surface area contributed by atoms with Gasteiger partial charge in [-0.3, -0.25) is 0 Å². The lowest BCUT2D eigenvalue weighted by molar-refractivity contribution is 0.393. The number of nitrogens with zero attached hydrogens (tertiary/aromatic N) is 2. The van der Waals surface area contributed by atoms with Crippen molar-refractivity contribution in [1.29, 1.82) is 0 Å². The minimum Gasteiger partial charge on any atom is -0.481 e. The summed E-state index contributed by atoms with van der Waals surface area (Å²) < 4.78 is 4.73. The van der Waals surface area contributed by atoms with Crippen LogP contribution in [0, 0.1) is 0 Å². The number of aromatic nitrogens is 2. The Morgan fingerprint density at radius 3 is 2.82 bits per heavy atom. The predicted molar refractivity (Wildman–Crippen MR) is 38.4 cm³/mol. The Bertz CT molecular complexity index is 243. The van der Waals surface area contributed by atoms with Gasteiger partial charge in [0.25, 0.3) is 0 Å². The number of ether oxygens (including phenoxy) is 1. The second kappa shape index (κ2) is 3.31. The second-order valence-electron chi connectivity index (χ2n) is 1.83. The van der Waals surface area contributed by atoms with Crippen molar-refractivity contribution in [3.63, 3.8) is 0 Å². The lowest BCUT2D eigenvalue weighted by Crippen LogP contribution is -2.35. The Labute approximate surface area is 63.8 Å². The molecule has 0 aliphatic rings. The van der Waals surface area contributed by atoms with Gasteiger partial charge in [0.1, 0.15) is 0 Å². The molecule has 0 amide bonds. The van der Waals surface area contributed by atoms with Gasteiger partial charge in [0.15, 0.2) is 5.72 Å². The van der Waals surface area contributed by atoms with E-state index in [1.54, 1.807) is 0 Å². The van der Waals surface area contributed by atoms with Crippen molar-refractivity contribution in [3.8, 4) is 5.88 Å². The van der Waals surface area contributed by atoms with Crippen molar-refractivity contribution in [3.05, 3.63) is 12.3 Å². The van der Waals surface area contributed by atoms with Gasteiger partial charge in [-0.1, -0.05) is 0 Å². The van der Waals surface area contributed by atoms with Gasteiger partial charge in [0.05, 0.1) is 7.11 Å². The fraction of sp³-hybridized carbons (Fsp3) is 0.200. The first kappa shape index (κ1) is 7.97. The summed E-state index contributed by atoms with van der Waals surface area (Å²) in [6.07, 6.45) is 1.39. The van der Waals surface area contributed by atoms with E-state index in [0.717, 1.165) is 0 Å². The first-order valence-corrected chi connectivity index (χ1v) is 2.97. The topological polar surface area (TPSA) is 75.5 Å². The lowest BCUT2D eigenvalue weighted by Gasteiger charge is -1.99. The summed E-state index contributed by atoms with van der Waals surface area (Å²) in [4.78, 5) is 7.25. The Hall–Kier alpha value is -1.14. The third kappa shape index (κ3) is 1.89. The van der Waals surface area contributed by atoms with E-state index in [1.165, 1.54) is 19.4 Å². The molecule has 11 heavy (non-hydrogen) atoms. The number of hydrogen-bond acceptors (Lipinski definition) is 5. The van der Waals surface area contributed by atoms with Gasteiger partial charge in [-0.25, -0.2) is 9.97 Å². The van der Waals surface area contributed by atoms with Crippen LogP contribution in [0.25, 0.3) is 0 Å². The van der Waals surface area contributed by atoms with Gasteiger partial charge < -0.3 is 14.8 Å². The molecular formula is C5H7BN2O3. The molecule has 1 rings (SSSR count). The number of hydrogen-bond donors (Lipinski definition) is 2. The highest BCUT2D eigenvalue weighted by atomic mass is 16.5. The molecule has 0 aliphatic heterocycles. The van der Waals surface area contributed by atoms with Crippen LogP contribution in [-0.4, -0.2) is 34.2 Å². The maximum absolute atomic E-state index is 8.62. The largest absolute Gasteiger partial charge is 0.528 e. The van der Waals surface area contributed by atoms with Crippen molar-refractivity contribution >= 4 is 12.8 Å². The van der Waals surface area contributed by atoms with Gasteiger partial charge in [-0.15, -0.1) is 0 Å². The molecule has 2 N–H and O–H groups in total. The predicted octanol–water partition coefficient (Wildman–Crippen LogP) is -1.84. The molecule has 0 aromatic carbocycles. The third-order valence-corrected chi connectivity index (χ3v) is 1.09. The van der Waals surface area contributed by atoms with Crippen molar-refractivity contribution in [2.24, 2.45) is 0 Å². The fourth-order valence-corrected chi connectivity index (χ4v) is 0.595. The quantitative estimate of drug-likeness (QED) is 0.489. The average molecular weight is 154 g/mol.